The minimum Gasteiger partial charge on any atom is -0.333 e. The van der Waals surface area contributed by atoms with Crippen LogP contribution in [0.15, 0.2) is 73.9 Å². The molecule has 0 aliphatic carbocycles. The van der Waals surface area contributed by atoms with Crippen LogP contribution in [-0.2, 0) is 10.0 Å². The van der Waals surface area contributed by atoms with E-state index in [1.54, 1.807) is 23.6 Å². The molecule has 148 valence electrons. The number of nitrogens with zero attached hydrogens (tertiary/aromatic N) is 3. The number of sulfonamides is 1. The van der Waals surface area contributed by atoms with Crippen molar-refractivity contribution in [1.82, 2.24) is 10.1 Å². The first-order valence-corrected chi connectivity index (χ1v) is 11.7. The minimum atomic E-state index is -3.79. The molecule has 4 aromatic rings. The average molecular weight is 490 g/mol. The number of hydrogen-bond acceptors (Lipinski definition) is 6. The van der Waals surface area contributed by atoms with Crippen molar-refractivity contribution in [1.29, 1.82) is 0 Å². The van der Waals surface area contributed by atoms with Crippen molar-refractivity contribution in [3.8, 4) is 22.2 Å². The van der Waals surface area contributed by atoms with Crippen molar-refractivity contribution >= 4 is 43.0 Å². The summed E-state index contributed by atoms with van der Waals surface area (Å²) in [4.78, 5) is 4.96. The van der Waals surface area contributed by atoms with Gasteiger partial charge in [0.25, 0.3) is 15.9 Å². The Hall–Kier alpha value is -2.49. The van der Waals surface area contributed by atoms with Crippen LogP contribution in [0.3, 0.4) is 0 Å². The minimum absolute atomic E-state index is 0.136. The second-order valence-corrected chi connectivity index (χ2v) is 10.1. The maximum Gasteiger partial charge on any atom is 0.269 e. The molecule has 4 rings (SSSR count). The highest BCUT2D eigenvalue weighted by molar-refractivity contribution is 9.10. The SMILES string of the molecule is Cc1ccc(N(C)S(=O)(=O)c2ccsc2-c2nc(-c3ccc(Br)cc3)no2)cc1. The molecule has 0 aliphatic heterocycles. The van der Waals surface area contributed by atoms with E-state index in [2.05, 4.69) is 26.1 Å². The lowest BCUT2D eigenvalue weighted by atomic mass is 10.2. The molecule has 0 atom stereocenters. The van der Waals surface area contributed by atoms with Gasteiger partial charge in [-0.25, -0.2) is 8.42 Å². The fraction of sp³-hybridized carbons (Fsp3) is 0.100. The lowest BCUT2D eigenvalue weighted by Gasteiger charge is -2.19. The zero-order valence-electron chi connectivity index (χ0n) is 15.5. The Morgan fingerprint density at radius 3 is 2.41 bits per heavy atom. The lowest BCUT2D eigenvalue weighted by Crippen LogP contribution is -2.26. The van der Waals surface area contributed by atoms with Crippen molar-refractivity contribution in [3.63, 3.8) is 0 Å². The zero-order chi connectivity index (χ0) is 20.6. The summed E-state index contributed by atoms with van der Waals surface area (Å²) < 4.78 is 34.0. The Kier molecular flexibility index (Phi) is 5.28. The van der Waals surface area contributed by atoms with Gasteiger partial charge in [-0.05, 0) is 54.8 Å². The maximum atomic E-state index is 13.2. The Labute approximate surface area is 181 Å². The first-order chi connectivity index (χ1) is 13.9. The third-order valence-electron chi connectivity index (χ3n) is 4.39. The normalized spacial score (nSPS) is 11.6. The Morgan fingerprint density at radius 1 is 1.03 bits per heavy atom. The molecule has 0 bridgehead atoms. The molecule has 2 heterocycles. The summed E-state index contributed by atoms with van der Waals surface area (Å²) in [6.07, 6.45) is 0. The summed E-state index contributed by atoms with van der Waals surface area (Å²) in [5.74, 6) is 0.574. The van der Waals surface area contributed by atoms with Crippen LogP contribution in [0.2, 0.25) is 0 Å². The van der Waals surface area contributed by atoms with Gasteiger partial charge in [0.1, 0.15) is 9.77 Å². The molecular weight excluding hydrogens is 474 g/mol. The first kappa shape index (κ1) is 19.8. The van der Waals surface area contributed by atoms with Crippen LogP contribution in [0.25, 0.3) is 22.2 Å². The lowest BCUT2D eigenvalue weighted by molar-refractivity contribution is 0.432. The van der Waals surface area contributed by atoms with Gasteiger partial charge in [0.2, 0.25) is 5.82 Å². The van der Waals surface area contributed by atoms with E-state index >= 15 is 0 Å². The van der Waals surface area contributed by atoms with Crippen LogP contribution < -0.4 is 4.31 Å². The van der Waals surface area contributed by atoms with E-state index in [1.165, 1.54) is 22.7 Å². The van der Waals surface area contributed by atoms with Crippen molar-refractivity contribution in [2.45, 2.75) is 11.8 Å². The van der Waals surface area contributed by atoms with Crippen molar-refractivity contribution in [2.75, 3.05) is 11.4 Å². The average Bonchev–Trinajstić information content (AvgIpc) is 3.38. The van der Waals surface area contributed by atoms with Gasteiger partial charge in [0.05, 0.1) is 5.69 Å². The molecule has 0 N–H and O–H groups in total. The number of thiophene rings is 1. The molecular formula is C20H16BrN3O3S2. The van der Waals surface area contributed by atoms with Gasteiger partial charge in [0.15, 0.2) is 0 Å². The van der Waals surface area contributed by atoms with Crippen molar-refractivity contribution in [2.24, 2.45) is 0 Å². The molecule has 2 aromatic carbocycles. The van der Waals surface area contributed by atoms with E-state index in [0.717, 1.165) is 15.6 Å². The van der Waals surface area contributed by atoms with Gasteiger partial charge in [-0.3, -0.25) is 4.31 Å². The fourth-order valence-electron chi connectivity index (χ4n) is 2.73. The molecule has 0 fully saturated rings. The number of aryl methyl sites for hydroxylation is 1. The number of hydrogen-bond donors (Lipinski definition) is 0. The molecule has 6 nitrogen and oxygen atoms in total. The largest absolute Gasteiger partial charge is 0.333 e. The Bertz CT molecular complexity index is 1250. The van der Waals surface area contributed by atoms with Gasteiger partial charge >= 0.3 is 0 Å². The molecule has 2 aromatic heterocycles. The van der Waals surface area contributed by atoms with Crippen LogP contribution in [0.4, 0.5) is 5.69 Å². The molecule has 9 heteroatoms. The number of rotatable bonds is 5. The van der Waals surface area contributed by atoms with Gasteiger partial charge in [-0.1, -0.05) is 38.8 Å². The molecule has 0 aliphatic rings. The van der Waals surface area contributed by atoms with E-state index in [0.29, 0.717) is 16.4 Å². The number of benzene rings is 2. The van der Waals surface area contributed by atoms with Crippen LogP contribution in [0, 0.1) is 6.92 Å². The molecule has 0 radical (unpaired) electrons. The summed E-state index contributed by atoms with van der Waals surface area (Å²) >= 11 is 4.63. The summed E-state index contributed by atoms with van der Waals surface area (Å²) in [5.41, 5.74) is 2.41. The third kappa shape index (κ3) is 3.85. The Morgan fingerprint density at radius 2 is 1.72 bits per heavy atom. The second kappa shape index (κ2) is 7.74. The number of halogens is 1. The summed E-state index contributed by atoms with van der Waals surface area (Å²) in [6, 6.07) is 16.3. The highest BCUT2D eigenvalue weighted by atomic mass is 79.9. The molecule has 0 unspecified atom stereocenters. The van der Waals surface area contributed by atoms with Crippen molar-refractivity contribution < 1.29 is 12.9 Å². The second-order valence-electron chi connectivity index (χ2n) is 6.35. The molecule has 0 saturated heterocycles. The van der Waals surface area contributed by atoms with E-state index in [4.69, 9.17) is 4.52 Å². The summed E-state index contributed by atoms with van der Waals surface area (Å²) in [6.45, 7) is 1.95. The highest BCUT2D eigenvalue weighted by Gasteiger charge is 2.28. The standard InChI is InChI=1S/C20H16BrN3O3S2/c1-13-3-9-16(10-4-13)24(2)29(25,26)17-11-12-28-18(17)20-22-19(23-27-20)14-5-7-15(21)8-6-14/h3-12H,1-2H3. The van der Waals surface area contributed by atoms with Gasteiger partial charge in [0, 0.05) is 17.1 Å². The first-order valence-electron chi connectivity index (χ1n) is 8.59. The van der Waals surface area contributed by atoms with Crippen LogP contribution >= 0.6 is 27.3 Å². The van der Waals surface area contributed by atoms with Crippen LogP contribution in [0.5, 0.6) is 0 Å². The van der Waals surface area contributed by atoms with Crippen molar-refractivity contribution in [3.05, 3.63) is 70.0 Å². The maximum absolute atomic E-state index is 13.2. The number of aromatic nitrogens is 2. The van der Waals surface area contributed by atoms with Crippen LogP contribution in [-0.4, -0.2) is 25.6 Å². The number of anilines is 1. The topological polar surface area (TPSA) is 76.3 Å². The molecule has 0 spiro atoms. The third-order valence-corrected chi connectivity index (χ3v) is 7.78. The van der Waals surface area contributed by atoms with E-state index < -0.39 is 10.0 Å². The smallest absolute Gasteiger partial charge is 0.269 e. The summed E-state index contributed by atoms with van der Waals surface area (Å²) in [5, 5.41) is 5.71. The van der Waals surface area contributed by atoms with Gasteiger partial charge in [-0.15, -0.1) is 11.3 Å². The molecule has 0 saturated carbocycles. The Balaban J connectivity index is 1.70. The molecule has 0 amide bonds. The summed E-state index contributed by atoms with van der Waals surface area (Å²) in [7, 11) is -2.26. The van der Waals surface area contributed by atoms with E-state index in [9.17, 15) is 8.42 Å². The predicted octanol–water partition coefficient (Wildman–Crippen LogP) is 5.36. The highest BCUT2D eigenvalue weighted by Crippen LogP contribution is 2.35. The predicted molar refractivity (Wildman–Crippen MR) is 118 cm³/mol. The van der Waals surface area contributed by atoms with Crippen LogP contribution in [0.1, 0.15) is 5.56 Å². The zero-order valence-corrected chi connectivity index (χ0v) is 18.8. The quantitative estimate of drug-likeness (QED) is 0.377. The van der Waals surface area contributed by atoms with E-state index in [1.807, 2.05) is 43.3 Å². The van der Waals surface area contributed by atoms with Gasteiger partial charge in [-0.2, -0.15) is 4.98 Å². The monoisotopic (exact) mass is 489 g/mol. The van der Waals surface area contributed by atoms with E-state index in [-0.39, 0.29) is 10.8 Å². The fourth-order valence-corrected chi connectivity index (χ4v) is 5.50. The van der Waals surface area contributed by atoms with Gasteiger partial charge < -0.3 is 4.52 Å². The molecule has 29 heavy (non-hydrogen) atoms.